The van der Waals surface area contributed by atoms with Crippen molar-refractivity contribution in [3.63, 3.8) is 0 Å². The zero-order chi connectivity index (χ0) is 12.5. The second-order valence-electron chi connectivity index (χ2n) is 4.93. The number of nitrogens with one attached hydrogen (secondary N) is 1. The van der Waals surface area contributed by atoms with Crippen LogP contribution in [-0.4, -0.2) is 11.4 Å². The highest BCUT2D eigenvalue weighted by molar-refractivity contribution is 6.30. The van der Waals surface area contributed by atoms with Gasteiger partial charge in [0.1, 0.15) is 5.54 Å². The molecule has 0 aliphatic heterocycles. The fourth-order valence-electron chi connectivity index (χ4n) is 2.50. The van der Waals surface area contributed by atoms with Gasteiger partial charge in [-0.1, -0.05) is 18.5 Å². The van der Waals surface area contributed by atoms with E-state index < -0.39 is 5.54 Å². The van der Waals surface area contributed by atoms with Crippen molar-refractivity contribution in [3.8, 4) is 0 Å². The third kappa shape index (κ3) is 2.55. The maximum Gasteiger partial charge on any atom is 0.243 e. The van der Waals surface area contributed by atoms with Crippen LogP contribution in [0.2, 0.25) is 5.02 Å². The van der Waals surface area contributed by atoms with E-state index in [0.717, 1.165) is 24.9 Å². The number of benzene rings is 1. The zero-order valence-electron chi connectivity index (χ0n) is 9.87. The van der Waals surface area contributed by atoms with E-state index in [1.165, 1.54) is 0 Å². The average Bonchev–Trinajstić information content (AvgIpc) is 2.65. The third-order valence-electron chi connectivity index (χ3n) is 3.46. The molecule has 0 aromatic heterocycles. The van der Waals surface area contributed by atoms with Gasteiger partial charge in [0.15, 0.2) is 0 Å². The van der Waals surface area contributed by atoms with Crippen LogP contribution in [-0.2, 0) is 4.79 Å². The van der Waals surface area contributed by atoms with E-state index in [0.29, 0.717) is 10.9 Å². The normalized spacial score (nSPS) is 28.0. The summed E-state index contributed by atoms with van der Waals surface area (Å²) in [6, 6.07) is 7.35. The number of carbonyl (C=O) groups is 1. The molecule has 2 atom stereocenters. The molecule has 92 valence electrons. The van der Waals surface area contributed by atoms with Crippen LogP contribution in [0.1, 0.15) is 26.2 Å². The monoisotopic (exact) mass is 252 g/mol. The van der Waals surface area contributed by atoms with Gasteiger partial charge in [0.05, 0.1) is 0 Å². The topological polar surface area (TPSA) is 55.1 Å². The Morgan fingerprint density at radius 1 is 1.47 bits per heavy atom. The number of anilines is 1. The molecule has 1 aromatic carbocycles. The second-order valence-corrected chi connectivity index (χ2v) is 5.36. The van der Waals surface area contributed by atoms with E-state index in [-0.39, 0.29) is 5.91 Å². The van der Waals surface area contributed by atoms with Crippen molar-refractivity contribution in [2.75, 3.05) is 5.32 Å². The van der Waals surface area contributed by atoms with Crippen molar-refractivity contribution >= 4 is 23.2 Å². The lowest BCUT2D eigenvalue weighted by molar-refractivity contribution is -0.122. The molecule has 0 radical (unpaired) electrons. The molecule has 1 fully saturated rings. The van der Waals surface area contributed by atoms with Crippen molar-refractivity contribution in [1.82, 2.24) is 0 Å². The number of rotatable bonds is 3. The lowest BCUT2D eigenvalue weighted by Crippen LogP contribution is -2.48. The fraction of sp³-hybridized carbons (Fsp3) is 0.462. The average molecular weight is 253 g/mol. The van der Waals surface area contributed by atoms with Crippen molar-refractivity contribution in [2.24, 2.45) is 11.7 Å². The molecule has 0 bridgehead atoms. The highest BCUT2D eigenvalue weighted by Crippen LogP contribution is 2.36. The maximum absolute atomic E-state index is 11.7. The van der Waals surface area contributed by atoms with Gasteiger partial charge in [-0.25, -0.2) is 0 Å². The van der Waals surface area contributed by atoms with Crippen LogP contribution in [0.5, 0.6) is 0 Å². The molecule has 1 amide bonds. The van der Waals surface area contributed by atoms with Gasteiger partial charge in [0, 0.05) is 10.7 Å². The molecule has 1 aliphatic rings. The quantitative estimate of drug-likeness (QED) is 0.869. The van der Waals surface area contributed by atoms with Crippen molar-refractivity contribution in [1.29, 1.82) is 0 Å². The summed E-state index contributed by atoms with van der Waals surface area (Å²) < 4.78 is 0. The van der Waals surface area contributed by atoms with Crippen LogP contribution < -0.4 is 11.1 Å². The van der Waals surface area contributed by atoms with Gasteiger partial charge in [-0.3, -0.25) is 4.79 Å². The summed E-state index contributed by atoms with van der Waals surface area (Å²) in [6.45, 7) is 2.15. The van der Waals surface area contributed by atoms with E-state index in [9.17, 15) is 4.79 Å². The van der Waals surface area contributed by atoms with Crippen molar-refractivity contribution in [3.05, 3.63) is 29.3 Å². The Hall–Kier alpha value is -1.22. The Bertz CT molecular complexity index is 418. The van der Waals surface area contributed by atoms with Crippen LogP contribution in [0.15, 0.2) is 24.3 Å². The molecule has 3 N–H and O–H groups in total. The summed E-state index contributed by atoms with van der Waals surface area (Å²) in [4.78, 5) is 11.7. The van der Waals surface area contributed by atoms with Crippen LogP contribution in [0, 0.1) is 5.92 Å². The lowest BCUT2D eigenvalue weighted by Gasteiger charge is -2.28. The van der Waals surface area contributed by atoms with Crippen molar-refractivity contribution < 1.29 is 4.79 Å². The fourth-order valence-corrected chi connectivity index (χ4v) is 2.63. The SMILES string of the molecule is CC1CCC(Nc2ccc(Cl)cc2)(C(N)=O)C1. The molecule has 0 saturated heterocycles. The number of halogens is 1. The van der Waals surface area contributed by atoms with E-state index >= 15 is 0 Å². The van der Waals surface area contributed by atoms with E-state index in [1.54, 1.807) is 12.1 Å². The minimum absolute atomic E-state index is 0.267. The minimum atomic E-state index is -0.590. The second kappa shape index (κ2) is 4.57. The number of amides is 1. The Morgan fingerprint density at radius 3 is 2.59 bits per heavy atom. The Morgan fingerprint density at radius 2 is 2.12 bits per heavy atom. The molecule has 1 saturated carbocycles. The summed E-state index contributed by atoms with van der Waals surface area (Å²) in [5.41, 5.74) is 5.85. The van der Waals surface area contributed by atoms with Gasteiger partial charge in [-0.15, -0.1) is 0 Å². The van der Waals surface area contributed by atoms with Gasteiger partial charge in [-0.2, -0.15) is 0 Å². The summed E-state index contributed by atoms with van der Waals surface area (Å²) in [7, 11) is 0. The molecule has 17 heavy (non-hydrogen) atoms. The van der Waals surface area contributed by atoms with Crippen molar-refractivity contribution in [2.45, 2.75) is 31.7 Å². The highest BCUT2D eigenvalue weighted by atomic mass is 35.5. The predicted molar refractivity (Wildman–Crippen MR) is 70.0 cm³/mol. The van der Waals surface area contributed by atoms with E-state index in [4.69, 9.17) is 17.3 Å². The molecular formula is C13H17ClN2O. The van der Waals surface area contributed by atoms with Crippen LogP contribution in [0.4, 0.5) is 5.69 Å². The van der Waals surface area contributed by atoms with Gasteiger partial charge in [0.2, 0.25) is 5.91 Å². The largest absolute Gasteiger partial charge is 0.371 e. The first-order chi connectivity index (χ1) is 8.02. The summed E-state index contributed by atoms with van der Waals surface area (Å²) >= 11 is 5.83. The van der Waals surface area contributed by atoms with Gasteiger partial charge >= 0.3 is 0 Å². The molecular weight excluding hydrogens is 236 g/mol. The molecule has 0 heterocycles. The molecule has 2 rings (SSSR count). The zero-order valence-corrected chi connectivity index (χ0v) is 10.6. The van der Waals surface area contributed by atoms with Crippen LogP contribution in [0.25, 0.3) is 0 Å². The standard InChI is InChI=1S/C13H17ClN2O/c1-9-6-7-13(8-9,12(15)17)16-11-4-2-10(14)3-5-11/h2-5,9,16H,6-8H2,1H3,(H2,15,17). The minimum Gasteiger partial charge on any atom is -0.371 e. The van der Waals surface area contributed by atoms with E-state index in [1.807, 2.05) is 12.1 Å². The molecule has 3 nitrogen and oxygen atoms in total. The molecule has 1 aliphatic carbocycles. The first-order valence-electron chi connectivity index (χ1n) is 5.85. The first-order valence-corrected chi connectivity index (χ1v) is 6.23. The van der Waals surface area contributed by atoms with E-state index in [2.05, 4.69) is 12.2 Å². The molecule has 1 aromatic rings. The molecule has 0 spiro atoms. The van der Waals surface area contributed by atoms with Gasteiger partial charge in [0.25, 0.3) is 0 Å². The summed E-state index contributed by atoms with van der Waals surface area (Å²) in [5, 5.41) is 3.96. The number of hydrogen-bond donors (Lipinski definition) is 2. The predicted octanol–water partition coefficient (Wildman–Crippen LogP) is 2.80. The van der Waals surface area contributed by atoms with Crippen LogP contribution >= 0.6 is 11.6 Å². The molecule has 2 unspecified atom stereocenters. The maximum atomic E-state index is 11.7. The Balaban J connectivity index is 2.19. The number of hydrogen-bond acceptors (Lipinski definition) is 2. The number of primary amides is 1. The lowest BCUT2D eigenvalue weighted by atomic mass is 9.95. The summed E-state index contributed by atoms with van der Waals surface area (Å²) in [6.07, 6.45) is 2.63. The summed E-state index contributed by atoms with van der Waals surface area (Å²) in [5.74, 6) is 0.263. The number of nitrogens with two attached hydrogens (primary N) is 1. The Kier molecular flexibility index (Phi) is 3.29. The smallest absolute Gasteiger partial charge is 0.243 e. The number of carbonyl (C=O) groups excluding carboxylic acids is 1. The molecule has 4 heteroatoms. The highest BCUT2D eigenvalue weighted by Gasteiger charge is 2.42. The van der Waals surface area contributed by atoms with Crippen LogP contribution in [0.3, 0.4) is 0 Å². The first kappa shape index (κ1) is 12.2. The third-order valence-corrected chi connectivity index (χ3v) is 3.71. The van der Waals surface area contributed by atoms with Gasteiger partial charge in [-0.05, 0) is 49.4 Å². The Labute approximate surface area is 106 Å². The van der Waals surface area contributed by atoms with Gasteiger partial charge < -0.3 is 11.1 Å².